The van der Waals surface area contributed by atoms with E-state index < -0.39 is 0 Å². The first-order valence-corrected chi connectivity index (χ1v) is 12.0. The lowest BCUT2D eigenvalue weighted by Crippen LogP contribution is -2.08. The fourth-order valence-electron chi connectivity index (χ4n) is 4.26. The molecule has 1 saturated carbocycles. The van der Waals surface area contributed by atoms with Gasteiger partial charge in [0.2, 0.25) is 0 Å². The summed E-state index contributed by atoms with van der Waals surface area (Å²) in [6.45, 7) is 15.8. The molecule has 0 amide bonds. The van der Waals surface area contributed by atoms with Gasteiger partial charge in [0, 0.05) is 0 Å². The van der Waals surface area contributed by atoms with Crippen molar-refractivity contribution in [3.63, 3.8) is 0 Å². The van der Waals surface area contributed by atoms with Crippen molar-refractivity contribution in [1.82, 2.24) is 0 Å². The van der Waals surface area contributed by atoms with Crippen LogP contribution in [0.15, 0.2) is 24.3 Å². The van der Waals surface area contributed by atoms with Crippen LogP contribution in [0, 0.1) is 19.8 Å². The third-order valence-electron chi connectivity index (χ3n) is 6.50. The molecule has 2 aromatic rings. The Balaban J connectivity index is 1.61. The van der Waals surface area contributed by atoms with E-state index in [9.17, 15) is 0 Å². The summed E-state index contributed by atoms with van der Waals surface area (Å²) in [7, 11) is 0. The lowest BCUT2D eigenvalue weighted by molar-refractivity contribution is 0.261. The van der Waals surface area contributed by atoms with Crippen LogP contribution in [0.3, 0.4) is 0 Å². The van der Waals surface area contributed by atoms with Gasteiger partial charge in [-0.1, -0.05) is 39.8 Å². The van der Waals surface area contributed by atoms with Gasteiger partial charge >= 0.3 is 0 Å². The molecular formula is C28H38O3. The van der Waals surface area contributed by atoms with Gasteiger partial charge < -0.3 is 14.2 Å². The van der Waals surface area contributed by atoms with Crippen molar-refractivity contribution in [1.29, 1.82) is 0 Å². The largest absolute Gasteiger partial charge is 0.493 e. The van der Waals surface area contributed by atoms with E-state index in [2.05, 4.69) is 65.8 Å². The van der Waals surface area contributed by atoms with Gasteiger partial charge in [-0.15, -0.1) is 0 Å². The maximum Gasteiger partial charge on any atom is 0.122 e. The highest BCUT2D eigenvalue weighted by Crippen LogP contribution is 2.35. The molecular weight excluding hydrogens is 384 g/mol. The molecule has 2 fully saturated rings. The van der Waals surface area contributed by atoms with E-state index in [1.807, 2.05) is 0 Å². The van der Waals surface area contributed by atoms with E-state index in [0.717, 1.165) is 37.1 Å². The Labute approximate surface area is 188 Å². The summed E-state index contributed by atoms with van der Waals surface area (Å²) in [6.07, 6.45) is 3.86. The molecule has 0 N–H and O–H groups in total. The number of hydrogen-bond acceptors (Lipinski definition) is 3. The summed E-state index contributed by atoms with van der Waals surface area (Å²) in [4.78, 5) is 0. The Hall–Kier alpha value is -2.00. The topological polar surface area (TPSA) is 31.0 Å². The minimum absolute atomic E-state index is 0.277. The molecule has 4 rings (SSSR count). The van der Waals surface area contributed by atoms with Crippen molar-refractivity contribution in [2.24, 2.45) is 5.92 Å². The summed E-state index contributed by atoms with van der Waals surface area (Å²) in [6, 6.07) is 9.24. The van der Waals surface area contributed by atoms with Crippen molar-refractivity contribution in [3.05, 3.63) is 57.6 Å². The van der Waals surface area contributed by atoms with Gasteiger partial charge in [-0.3, -0.25) is 0 Å². The lowest BCUT2D eigenvalue weighted by Gasteiger charge is -2.21. The SMILES string of the molecule is Cc1cc(Cc2cc(C)c(OCC3CO3)cc2C(C)C)c(C(C)C)cc1OCC1CC1. The Morgan fingerprint density at radius 2 is 1.29 bits per heavy atom. The van der Waals surface area contributed by atoms with Crippen LogP contribution in [0.5, 0.6) is 11.5 Å². The highest BCUT2D eigenvalue weighted by atomic mass is 16.6. The van der Waals surface area contributed by atoms with Crippen LogP contribution in [0.25, 0.3) is 0 Å². The average Bonchev–Trinajstić information content (AvgIpc) is 3.60. The van der Waals surface area contributed by atoms with Crippen LogP contribution in [-0.4, -0.2) is 25.9 Å². The quantitative estimate of drug-likeness (QED) is 0.399. The number of rotatable bonds is 10. The van der Waals surface area contributed by atoms with E-state index in [0.29, 0.717) is 18.4 Å². The van der Waals surface area contributed by atoms with E-state index in [1.165, 1.54) is 46.2 Å². The van der Waals surface area contributed by atoms with Crippen LogP contribution in [-0.2, 0) is 11.2 Å². The highest BCUT2D eigenvalue weighted by Gasteiger charge is 2.24. The zero-order chi connectivity index (χ0) is 22.1. The normalized spacial score (nSPS) is 18.0. The van der Waals surface area contributed by atoms with Crippen molar-refractivity contribution < 1.29 is 14.2 Å². The van der Waals surface area contributed by atoms with E-state index >= 15 is 0 Å². The molecule has 0 aromatic heterocycles. The maximum absolute atomic E-state index is 6.18. The van der Waals surface area contributed by atoms with E-state index in [1.54, 1.807) is 0 Å². The first-order valence-electron chi connectivity index (χ1n) is 12.0. The molecule has 31 heavy (non-hydrogen) atoms. The predicted molar refractivity (Wildman–Crippen MR) is 127 cm³/mol. The van der Waals surface area contributed by atoms with Crippen molar-refractivity contribution in [2.75, 3.05) is 19.8 Å². The molecule has 168 valence electrons. The molecule has 1 unspecified atom stereocenters. The second-order valence-electron chi connectivity index (χ2n) is 10.1. The molecule has 2 aliphatic rings. The van der Waals surface area contributed by atoms with Gasteiger partial charge in [0.25, 0.3) is 0 Å². The molecule has 0 radical (unpaired) electrons. The van der Waals surface area contributed by atoms with Crippen LogP contribution in [0.4, 0.5) is 0 Å². The predicted octanol–water partition coefficient (Wildman–Crippen LogP) is 6.71. The summed E-state index contributed by atoms with van der Waals surface area (Å²) >= 11 is 0. The first-order chi connectivity index (χ1) is 14.8. The van der Waals surface area contributed by atoms with Crippen LogP contribution in [0.1, 0.15) is 85.8 Å². The monoisotopic (exact) mass is 422 g/mol. The number of hydrogen-bond donors (Lipinski definition) is 0. The van der Waals surface area contributed by atoms with Gasteiger partial charge in [0.1, 0.15) is 24.2 Å². The van der Waals surface area contributed by atoms with Gasteiger partial charge in [-0.2, -0.15) is 0 Å². The van der Waals surface area contributed by atoms with E-state index in [4.69, 9.17) is 14.2 Å². The third-order valence-corrected chi connectivity index (χ3v) is 6.50. The minimum atomic E-state index is 0.277. The van der Waals surface area contributed by atoms with Gasteiger partial charge in [0.05, 0.1) is 13.2 Å². The maximum atomic E-state index is 6.18. The van der Waals surface area contributed by atoms with Gasteiger partial charge in [-0.25, -0.2) is 0 Å². The molecule has 1 aliphatic carbocycles. The van der Waals surface area contributed by atoms with Crippen molar-refractivity contribution >= 4 is 0 Å². The molecule has 1 saturated heterocycles. The van der Waals surface area contributed by atoms with Crippen LogP contribution in [0.2, 0.25) is 0 Å². The average molecular weight is 423 g/mol. The lowest BCUT2D eigenvalue weighted by atomic mass is 9.87. The molecule has 3 heteroatoms. The van der Waals surface area contributed by atoms with Crippen molar-refractivity contribution in [2.45, 2.75) is 78.7 Å². The number of ether oxygens (including phenoxy) is 3. The fourth-order valence-corrected chi connectivity index (χ4v) is 4.26. The number of aryl methyl sites for hydroxylation is 2. The molecule has 3 nitrogen and oxygen atoms in total. The summed E-state index contributed by atoms with van der Waals surface area (Å²) < 4.78 is 17.5. The third kappa shape index (κ3) is 5.63. The highest BCUT2D eigenvalue weighted by molar-refractivity contribution is 5.49. The van der Waals surface area contributed by atoms with Gasteiger partial charge in [0.15, 0.2) is 0 Å². The van der Waals surface area contributed by atoms with Crippen LogP contribution >= 0.6 is 0 Å². The second kappa shape index (κ2) is 9.24. The zero-order valence-electron chi connectivity index (χ0n) is 20.1. The Kier molecular flexibility index (Phi) is 6.62. The first kappa shape index (κ1) is 22.2. The Bertz CT molecular complexity index is 845. The molecule has 1 atom stereocenters. The summed E-state index contributed by atoms with van der Waals surface area (Å²) in [5.41, 5.74) is 8.02. The van der Waals surface area contributed by atoms with Gasteiger partial charge in [-0.05, 0) is 96.4 Å². The molecule has 1 heterocycles. The molecule has 0 bridgehead atoms. The van der Waals surface area contributed by atoms with E-state index in [-0.39, 0.29) is 6.10 Å². The smallest absolute Gasteiger partial charge is 0.122 e. The minimum Gasteiger partial charge on any atom is -0.493 e. The molecule has 0 spiro atoms. The zero-order valence-corrected chi connectivity index (χ0v) is 20.1. The molecule has 2 aromatic carbocycles. The number of benzene rings is 2. The second-order valence-corrected chi connectivity index (χ2v) is 10.1. The number of epoxide rings is 1. The fraction of sp³-hybridized carbons (Fsp3) is 0.571. The summed E-state index contributed by atoms with van der Waals surface area (Å²) in [5, 5.41) is 0. The Morgan fingerprint density at radius 1 is 0.806 bits per heavy atom. The summed E-state index contributed by atoms with van der Waals surface area (Å²) in [5.74, 6) is 3.73. The van der Waals surface area contributed by atoms with Crippen LogP contribution < -0.4 is 9.47 Å². The standard InChI is InChI=1S/C28H38O3/c1-17(2)25-12-27(30-14-21-7-8-21)19(5)9-22(25)11-23-10-20(6)28(13-26(23)18(3)4)31-16-24-15-29-24/h9-10,12-13,17-18,21,24H,7-8,11,14-16H2,1-6H3. The molecule has 1 aliphatic heterocycles. The van der Waals surface area contributed by atoms with Crippen molar-refractivity contribution in [3.8, 4) is 11.5 Å². The Morgan fingerprint density at radius 3 is 1.71 bits per heavy atom.